The van der Waals surface area contributed by atoms with E-state index in [2.05, 4.69) is 0 Å². The molecule has 1 aliphatic rings. The quantitative estimate of drug-likeness (QED) is 0.592. The van der Waals surface area contributed by atoms with E-state index in [0.717, 1.165) is 22.3 Å². The number of methoxy groups -OCH3 is 1. The van der Waals surface area contributed by atoms with Crippen LogP contribution in [-0.2, 0) is 24.2 Å². The monoisotopic (exact) mass is 456 g/mol. The molecule has 8 heteroatoms. The molecule has 0 radical (unpaired) electrons. The number of alkyl halides is 3. The third-order valence-electron chi connectivity index (χ3n) is 5.40. The van der Waals surface area contributed by atoms with Crippen molar-refractivity contribution in [3.63, 3.8) is 0 Å². The zero-order valence-corrected chi connectivity index (χ0v) is 18.0. The molecular weight excluding hydrogens is 429 g/mol. The molecule has 170 valence electrons. The molecule has 3 N–H and O–H groups in total. The second kappa shape index (κ2) is 10.4. The normalized spacial score (nSPS) is 24.4. The Morgan fingerprint density at radius 2 is 1.68 bits per heavy atom. The van der Waals surface area contributed by atoms with Crippen LogP contribution in [0.15, 0.2) is 42.5 Å². The number of rotatable bonds is 7. The summed E-state index contributed by atoms with van der Waals surface area (Å²) in [5.74, 6) is 0. The first-order valence-corrected chi connectivity index (χ1v) is 11.0. The van der Waals surface area contributed by atoms with Gasteiger partial charge in [0.25, 0.3) is 0 Å². The first-order chi connectivity index (χ1) is 14.7. The predicted octanol–water partition coefficient (Wildman–Crippen LogP) is 3.79. The summed E-state index contributed by atoms with van der Waals surface area (Å²) >= 11 is 1.44. The Kier molecular flexibility index (Phi) is 8.04. The highest BCUT2D eigenvalue weighted by molar-refractivity contribution is 8.00. The van der Waals surface area contributed by atoms with Crippen LogP contribution in [0.5, 0.6) is 0 Å². The number of aliphatic hydroxyl groups excluding tert-OH is 3. The van der Waals surface area contributed by atoms with Gasteiger partial charge >= 0.3 is 6.18 Å². The molecule has 0 bridgehead atoms. The maximum atomic E-state index is 12.6. The minimum absolute atomic E-state index is 0.0888. The molecule has 1 fully saturated rings. The van der Waals surface area contributed by atoms with Gasteiger partial charge in [-0.3, -0.25) is 0 Å². The molecule has 31 heavy (non-hydrogen) atoms. The van der Waals surface area contributed by atoms with Crippen LogP contribution in [0.4, 0.5) is 13.2 Å². The summed E-state index contributed by atoms with van der Waals surface area (Å²) in [5, 5.41) is 29.8. The van der Waals surface area contributed by atoms with Crippen LogP contribution >= 0.6 is 11.8 Å². The molecule has 0 aromatic heterocycles. The number of hydrogen-bond donors (Lipinski definition) is 3. The highest BCUT2D eigenvalue weighted by atomic mass is 32.2. The largest absolute Gasteiger partial charge is 0.395 e. The van der Waals surface area contributed by atoms with Gasteiger partial charge in [-0.1, -0.05) is 42.5 Å². The lowest BCUT2D eigenvalue weighted by molar-refractivity contribution is -0.127. The number of aliphatic hydroxyl groups is 3. The summed E-state index contributed by atoms with van der Waals surface area (Å²) in [4.78, 5) is 0. The first-order valence-electron chi connectivity index (χ1n) is 10.1. The average Bonchev–Trinajstić information content (AvgIpc) is 2.71. The second-order valence-corrected chi connectivity index (χ2v) is 9.35. The van der Waals surface area contributed by atoms with E-state index >= 15 is 0 Å². The van der Waals surface area contributed by atoms with Gasteiger partial charge in [0.05, 0.1) is 37.1 Å². The van der Waals surface area contributed by atoms with Crippen molar-refractivity contribution in [3.05, 3.63) is 70.3 Å². The van der Waals surface area contributed by atoms with Crippen molar-refractivity contribution >= 4 is 11.8 Å². The highest BCUT2D eigenvalue weighted by Crippen LogP contribution is 2.44. The number of ether oxygens (including phenoxy) is 1. The van der Waals surface area contributed by atoms with E-state index in [9.17, 15) is 28.5 Å². The van der Waals surface area contributed by atoms with Crippen LogP contribution < -0.4 is 0 Å². The summed E-state index contributed by atoms with van der Waals surface area (Å²) in [5.41, 5.74) is 3.75. The minimum atomic E-state index is -4.23. The van der Waals surface area contributed by atoms with Crippen molar-refractivity contribution in [2.75, 3.05) is 13.7 Å². The van der Waals surface area contributed by atoms with Crippen LogP contribution in [0.3, 0.4) is 0 Å². The zero-order valence-electron chi connectivity index (χ0n) is 17.2. The van der Waals surface area contributed by atoms with E-state index in [0.29, 0.717) is 19.4 Å². The van der Waals surface area contributed by atoms with Crippen molar-refractivity contribution in [1.82, 2.24) is 0 Å². The Morgan fingerprint density at radius 1 is 1.03 bits per heavy atom. The number of hydrogen-bond acceptors (Lipinski definition) is 5. The third-order valence-corrected chi connectivity index (χ3v) is 6.96. The van der Waals surface area contributed by atoms with Gasteiger partial charge in [0.2, 0.25) is 0 Å². The van der Waals surface area contributed by atoms with E-state index in [1.54, 1.807) is 19.2 Å². The summed E-state index contributed by atoms with van der Waals surface area (Å²) in [6.07, 6.45) is -6.24. The molecule has 0 spiro atoms. The topological polar surface area (TPSA) is 69.9 Å². The fraction of sp³-hybridized carbons (Fsp3) is 0.478. The van der Waals surface area contributed by atoms with Crippen molar-refractivity contribution in [1.29, 1.82) is 0 Å². The van der Waals surface area contributed by atoms with Gasteiger partial charge < -0.3 is 20.1 Å². The summed E-state index contributed by atoms with van der Waals surface area (Å²) in [7, 11) is 1.58. The van der Waals surface area contributed by atoms with Crippen LogP contribution in [0.1, 0.15) is 39.5 Å². The van der Waals surface area contributed by atoms with Crippen molar-refractivity contribution < 1.29 is 33.2 Å². The Hall–Kier alpha value is -1.58. The van der Waals surface area contributed by atoms with Gasteiger partial charge in [0.1, 0.15) is 0 Å². The van der Waals surface area contributed by atoms with E-state index in [1.165, 1.54) is 23.9 Å². The van der Waals surface area contributed by atoms with Crippen molar-refractivity contribution in [2.45, 2.75) is 54.8 Å². The Bertz CT molecular complexity index is 857. The lowest BCUT2D eigenvalue weighted by Crippen LogP contribution is -2.40. The average molecular weight is 457 g/mol. The van der Waals surface area contributed by atoms with Crippen LogP contribution in [0, 0.1) is 0 Å². The lowest BCUT2D eigenvalue weighted by atomic mass is 9.92. The fourth-order valence-electron chi connectivity index (χ4n) is 3.88. The first kappa shape index (κ1) is 24.1. The Morgan fingerprint density at radius 3 is 2.29 bits per heavy atom. The van der Waals surface area contributed by atoms with Crippen LogP contribution in [0.2, 0.25) is 0 Å². The summed E-state index contributed by atoms with van der Waals surface area (Å²) in [6.45, 7) is 0.250. The molecule has 0 saturated carbocycles. The molecular formula is C23H27F3O4S. The maximum Gasteiger partial charge on any atom is 0.393 e. The Labute approximate surface area is 184 Å². The number of thioether (sulfide) groups is 1. The molecule has 1 aliphatic heterocycles. The number of benzene rings is 2. The van der Waals surface area contributed by atoms with Gasteiger partial charge in [-0.05, 0) is 40.7 Å². The molecule has 0 aliphatic carbocycles. The number of halogens is 3. The summed E-state index contributed by atoms with van der Waals surface area (Å²) < 4.78 is 43.0. The molecule has 0 amide bonds. The second-order valence-electron chi connectivity index (χ2n) is 7.91. The SMILES string of the molecule is COCc1ccc(Cc2ccc(CC(F)(F)F)cc2)cc1[C@@H]1S[C@H](CO)C[C@H](O)[C@H]1O. The van der Waals surface area contributed by atoms with E-state index < -0.39 is 30.1 Å². The minimum Gasteiger partial charge on any atom is -0.395 e. The molecule has 3 rings (SSSR count). The van der Waals surface area contributed by atoms with E-state index in [1.807, 2.05) is 18.2 Å². The zero-order chi connectivity index (χ0) is 22.6. The van der Waals surface area contributed by atoms with Gasteiger partial charge in [-0.25, -0.2) is 0 Å². The van der Waals surface area contributed by atoms with Gasteiger partial charge in [0, 0.05) is 12.4 Å². The molecule has 1 saturated heterocycles. The van der Waals surface area contributed by atoms with Gasteiger partial charge in [-0.2, -0.15) is 13.2 Å². The van der Waals surface area contributed by atoms with Crippen LogP contribution in [0.25, 0.3) is 0 Å². The van der Waals surface area contributed by atoms with Crippen molar-refractivity contribution in [3.8, 4) is 0 Å². The van der Waals surface area contributed by atoms with E-state index in [4.69, 9.17) is 4.74 Å². The van der Waals surface area contributed by atoms with E-state index in [-0.39, 0.29) is 17.4 Å². The lowest BCUT2D eigenvalue weighted by Gasteiger charge is -2.37. The molecule has 2 aromatic carbocycles. The van der Waals surface area contributed by atoms with Crippen molar-refractivity contribution in [2.24, 2.45) is 0 Å². The molecule has 1 heterocycles. The van der Waals surface area contributed by atoms with Crippen LogP contribution in [-0.4, -0.2) is 52.7 Å². The smallest absolute Gasteiger partial charge is 0.393 e. The van der Waals surface area contributed by atoms with Gasteiger partial charge in [0.15, 0.2) is 0 Å². The van der Waals surface area contributed by atoms with Gasteiger partial charge in [-0.15, -0.1) is 11.8 Å². The molecule has 4 nitrogen and oxygen atoms in total. The third kappa shape index (κ3) is 6.46. The molecule has 2 aromatic rings. The summed E-state index contributed by atoms with van der Waals surface area (Å²) in [6, 6.07) is 12.2. The standard InChI is InChI=1S/C23H27F3O4S/c1-30-13-17-7-6-16(8-14-2-4-15(5-3-14)11-23(24,25)26)9-19(17)22-21(29)20(28)10-18(12-27)31-22/h2-7,9,18,20-22,27-29H,8,10-13H2,1H3/t18-,20-,21+,22-/m0/s1. The Balaban J connectivity index is 1.84. The maximum absolute atomic E-state index is 12.6. The predicted molar refractivity (Wildman–Crippen MR) is 114 cm³/mol. The molecule has 0 unspecified atom stereocenters. The molecule has 4 atom stereocenters. The fourth-order valence-corrected chi connectivity index (χ4v) is 5.39. The highest BCUT2D eigenvalue weighted by Gasteiger charge is 2.38.